The SMILES string of the molecule is CCCCCC/C=C(/Br)CO. The van der Waals surface area contributed by atoms with E-state index in [2.05, 4.69) is 28.9 Å². The second-order valence-corrected chi connectivity index (χ2v) is 3.68. The lowest BCUT2D eigenvalue weighted by atomic mass is 10.1. The van der Waals surface area contributed by atoms with Gasteiger partial charge in [0.25, 0.3) is 0 Å². The number of halogens is 1. The molecular weight excluding hydrogens is 204 g/mol. The van der Waals surface area contributed by atoms with E-state index >= 15 is 0 Å². The Morgan fingerprint density at radius 2 is 2.09 bits per heavy atom. The molecule has 2 heteroatoms. The van der Waals surface area contributed by atoms with E-state index in [9.17, 15) is 0 Å². The Balaban J connectivity index is 3.12. The first-order chi connectivity index (χ1) is 5.31. The Hall–Kier alpha value is 0.180. The molecule has 0 aliphatic rings. The Morgan fingerprint density at radius 3 is 2.64 bits per heavy atom. The van der Waals surface area contributed by atoms with Crippen LogP contribution in [0, 0.1) is 0 Å². The predicted molar refractivity (Wildman–Crippen MR) is 52.9 cm³/mol. The van der Waals surface area contributed by atoms with Crippen molar-refractivity contribution in [2.45, 2.75) is 39.0 Å². The van der Waals surface area contributed by atoms with Crippen LogP contribution in [0.2, 0.25) is 0 Å². The minimum absolute atomic E-state index is 0.133. The summed E-state index contributed by atoms with van der Waals surface area (Å²) in [5.74, 6) is 0. The molecule has 0 amide bonds. The van der Waals surface area contributed by atoms with Crippen molar-refractivity contribution in [1.82, 2.24) is 0 Å². The van der Waals surface area contributed by atoms with E-state index in [1.807, 2.05) is 0 Å². The summed E-state index contributed by atoms with van der Waals surface area (Å²) in [5, 5.41) is 8.62. The molecule has 1 nitrogen and oxygen atoms in total. The normalized spacial score (nSPS) is 12.1. The molecule has 0 aromatic rings. The molecule has 0 unspecified atom stereocenters. The summed E-state index contributed by atoms with van der Waals surface area (Å²) < 4.78 is 0.911. The summed E-state index contributed by atoms with van der Waals surface area (Å²) in [6.07, 6.45) is 8.29. The summed E-state index contributed by atoms with van der Waals surface area (Å²) in [6, 6.07) is 0. The van der Waals surface area contributed by atoms with Gasteiger partial charge in [-0.15, -0.1) is 0 Å². The highest BCUT2D eigenvalue weighted by Crippen LogP contribution is 2.08. The van der Waals surface area contributed by atoms with Crippen molar-refractivity contribution < 1.29 is 5.11 Å². The third-order valence-electron chi connectivity index (χ3n) is 1.57. The standard InChI is InChI=1S/C9H17BrO/c1-2-3-4-5-6-7-9(10)8-11/h7,11H,2-6,8H2,1H3/b9-7+. The van der Waals surface area contributed by atoms with E-state index in [1.165, 1.54) is 25.7 Å². The molecule has 66 valence electrons. The van der Waals surface area contributed by atoms with Gasteiger partial charge in [-0.3, -0.25) is 0 Å². The van der Waals surface area contributed by atoms with Crippen molar-refractivity contribution in [3.05, 3.63) is 10.6 Å². The fourth-order valence-corrected chi connectivity index (χ4v) is 1.12. The highest BCUT2D eigenvalue weighted by Gasteiger charge is 1.88. The third-order valence-corrected chi connectivity index (χ3v) is 2.15. The first-order valence-electron chi connectivity index (χ1n) is 4.26. The van der Waals surface area contributed by atoms with E-state index < -0.39 is 0 Å². The summed E-state index contributed by atoms with van der Waals surface area (Å²) in [7, 11) is 0. The Labute approximate surface area is 77.6 Å². The maximum Gasteiger partial charge on any atom is 0.0743 e. The van der Waals surface area contributed by atoms with Crippen molar-refractivity contribution in [3.8, 4) is 0 Å². The molecule has 0 radical (unpaired) electrons. The van der Waals surface area contributed by atoms with Crippen molar-refractivity contribution in [2.75, 3.05) is 6.61 Å². The van der Waals surface area contributed by atoms with Crippen LogP contribution in [0.25, 0.3) is 0 Å². The molecule has 0 aliphatic carbocycles. The van der Waals surface area contributed by atoms with Crippen LogP contribution in [0.3, 0.4) is 0 Å². The summed E-state index contributed by atoms with van der Waals surface area (Å²) >= 11 is 3.26. The van der Waals surface area contributed by atoms with Crippen LogP contribution in [0.5, 0.6) is 0 Å². The van der Waals surface area contributed by atoms with E-state index in [1.54, 1.807) is 0 Å². The minimum atomic E-state index is 0.133. The molecule has 1 N–H and O–H groups in total. The van der Waals surface area contributed by atoms with Crippen LogP contribution >= 0.6 is 15.9 Å². The fraction of sp³-hybridized carbons (Fsp3) is 0.778. The Morgan fingerprint density at radius 1 is 1.36 bits per heavy atom. The molecule has 0 aromatic heterocycles. The second-order valence-electron chi connectivity index (χ2n) is 2.66. The highest BCUT2D eigenvalue weighted by atomic mass is 79.9. The van der Waals surface area contributed by atoms with Crippen molar-refractivity contribution in [1.29, 1.82) is 0 Å². The average molecular weight is 221 g/mol. The van der Waals surface area contributed by atoms with Gasteiger partial charge in [-0.25, -0.2) is 0 Å². The van der Waals surface area contributed by atoms with Crippen LogP contribution < -0.4 is 0 Å². The topological polar surface area (TPSA) is 20.2 Å². The molecular formula is C9H17BrO. The first kappa shape index (κ1) is 11.2. The monoisotopic (exact) mass is 220 g/mol. The maximum atomic E-state index is 8.62. The summed E-state index contributed by atoms with van der Waals surface area (Å²) in [6.45, 7) is 2.34. The zero-order valence-electron chi connectivity index (χ0n) is 7.15. The molecule has 0 spiro atoms. The van der Waals surface area contributed by atoms with Gasteiger partial charge in [0.15, 0.2) is 0 Å². The zero-order chi connectivity index (χ0) is 8.53. The van der Waals surface area contributed by atoms with Gasteiger partial charge in [0.2, 0.25) is 0 Å². The lowest BCUT2D eigenvalue weighted by Crippen LogP contribution is -1.80. The fourth-order valence-electron chi connectivity index (χ4n) is 0.894. The number of aliphatic hydroxyl groups is 1. The lowest BCUT2D eigenvalue weighted by molar-refractivity contribution is 0.339. The lowest BCUT2D eigenvalue weighted by Gasteiger charge is -1.95. The van der Waals surface area contributed by atoms with Crippen molar-refractivity contribution in [2.24, 2.45) is 0 Å². The van der Waals surface area contributed by atoms with Gasteiger partial charge in [0, 0.05) is 4.48 Å². The van der Waals surface area contributed by atoms with E-state index in [0.717, 1.165) is 10.9 Å². The number of aliphatic hydroxyl groups excluding tert-OH is 1. The van der Waals surface area contributed by atoms with E-state index in [-0.39, 0.29) is 6.61 Å². The molecule has 0 aliphatic heterocycles. The van der Waals surface area contributed by atoms with Crippen molar-refractivity contribution >= 4 is 15.9 Å². The molecule has 0 saturated carbocycles. The molecule has 0 rings (SSSR count). The van der Waals surface area contributed by atoms with Crippen LogP contribution in [0.15, 0.2) is 10.6 Å². The van der Waals surface area contributed by atoms with Crippen LogP contribution in [-0.2, 0) is 0 Å². The highest BCUT2D eigenvalue weighted by molar-refractivity contribution is 9.11. The van der Waals surface area contributed by atoms with Gasteiger partial charge >= 0.3 is 0 Å². The molecule has 0 aromatic carbocycles. The molecule has 0 heterocycles. The smallest absolute Gasteiger partial charge is 0.0743 e. The van der Waals surface area contributed by atoms with Crippen LogP contribution in [0.4, 0.5) is 0 Å². The minimum Gasteiger partial charge on any atom is -0.391 e. The molecule has 0 bridgehead atoms. The van der Waals surface area contributed by atoms with Gasteiger partial charge in [-0.05, 0) is 12.8 Å². The van der Waals surface area contributed by atoms with Gasteiger partial charge in [-0.1, -0.05) is 48.2 Å². The Bertz CT molecular complexity index is 110. The Kier molecular flexibility index (Phi) is 8.41. The summed E-state index contributed by atoms with van der Waals surface area (Å²) in [4.78, 5) is 0. The number of hydrogen-bond donors (Lipinski definition) is 1. The van der Waals surface area contributed by atoms with Gasteiger partial charge in [0.1, 0.15) is 0 Å². The zero-order valence-corrected chi connectivity index (χ0v) is 8.73. The third kappa shape index (κ3) is 8.08. The van der Waals surface area contributed by atoms with Gasteiger partial charge in [0.05, 0.1) is 6.61 Å². The number of unbranched alkanes of at least 4 members (excludes halogenated alkanes) is 4. The molecule has 0 atom stereocenters. The van der Waals surface area contributed by atoms with Crippen LogP contribution in [-0.4, -0.2) is 11.7 Å². The number of rotatable bonds is 6. The number of hydrogen-bond acceptors (Lipinski definition) is 1. The first-order valence-corrected chi connectivity index (χ1v) is 5.06. The second kappa shape index (κ2) is 8.28. The maximum absolute atomic E-state index is 8.62. The van der Waals surface area contributed by atoms with Gasteiger partial charge < -0.3 is 5.11 Å². The number of allylic oxidation sites excluding steroid dienone is 1. The van der Waals surface area contributed by atoms with Crippen molar-refractivity contribution in [3.63, 3.8) is 0 Å². The molecule has 0 saturated heterocycles. The van der Waals surface area contributed by atoms with E-state index in [4.69, 9.17) is 5.11 Å². The largest absolute Gasteiger partial charge is 0.391 e. The van der Waals surface area contributed by atoms with Gasteiger partial charge in [-0.2, -0.15) is 0 Å². The predicted octanol–water partition coefficient (Wildman–Crippen LogP) is 3.23. The molecule has 11 heavy (non-hydrogen) atoms. The van der Waals surface area contributed by atoms with E-state index in [0.29, 0.717) is 0 Å². The summed E-state index contributed by atoms with van der Waals surface area (Å²) in [5.41, 5.74) is 0. The van der Waals surface area contributed by atoms with Crippen LogP contribution in [0.1, 0.15) is 39.0 Å². The average Bonchev–Trinajstić information content (AvgIpc) is 2.04. The quantitative estimate of drug-likeness (QED) is 0.682. The molecule has 0 fully saturated rings.